The Morgan fingerprint density at radius 2 is 1.80 bits per heavy atom. The molecule has 3 aliphatic rings. The number of methoxy groups -OCH3 is 2. The van der Waals surface area contributed by atoms with E-state index in [4.69, 9.17) is 19.2 Å². The summed E-state index contributed by atoms with van der Waals surface area (Å²) in [6, 6.07) is 7.77. The van der Waals surface area contributed by atoms with Crippen LogP contribution in [-0.2, 0) is 40.9 Å². The van der Waals surface area contributed by atoms with Crippen molar-refractivity contribution in [3.8, 4) is 0 Å². The van der Waals surface area contributed by atoms with Gasteiger partial charge < -0.3 is 9.47 Å². The molecule has 2 fully saturated rings. The molecule has 4 rings (SSSR count). The summed E-state index contributed by atoms with van der Waals surface area (Å²) < 4.78 is 10.1. The molecule has 1 saturated carbocycles. The molecule has 134 valence electrons. The second-order valence-corrected chi connectivity index (χ2v) is 7.56. The topological polar surface area (TPSA) is 71.1 Å². The fourth-order valence-corrected chi connectivity index (χ4v) is 5.14. The van der Waals surface area contributed by atoms with E-state index >= 15 is 0 Å². The van der Waals surface area contributed by atoms with Crippen LogP contribution in [0.1, 0.15) is 37.3 Å². The molecule has 25 heavy (non-hydrogen) atoms. The molecule has 6 nitrogen and oxygen atoms in total. The van der Waals surface area contributed by atoms with Gasteiger partial charge in [0, 0.05) is 12.3 Å². The molecule has 1 spiro atoms. The predicted molar refractivity (Wildman–Crippen MR) is 86.2 cm³/mol. The Hall–Kier alpha value is -1.92. The highest BCUT2D eigenvalue weighted by Gasteiger charge is 2.71. The zero-order valence-electron chi connectivity index (χ0n) is 14.7. The van der Waals surface area contributed by atoms with Crippen molar-refractivity contribution < 1.29 is 28.8 Å². The molecule has 1 aromatic rings. The molecule has 0 amide bonds. The van der Waals surface area contributed by atoms with Crippen LogP contribution in [0.5, 0.6) is 0 Å². The summed E-state index contributed by atoms with van der Waals surface area (Å²) in [5.41, 5.74) is -0.799. The van der Waals surface area contributed by atoms with Crippen LogP contribution in [0.25, 0.3) is 0 Å². The third kappa shape index (κ3) is 1.98. The molecule has 0 aromatic heterocycles. The first-order chi connectivity index (χ1) is 11.9. The first-order valence-electron chi connectivity index (χ1n) is 8.54. The number of benzene rings is 1. The van der Waals surface area contributed by atoms with Crippen molar-refractivity contribution >= 4 is 11.9 Å². The number of carbonyl (C=O) groups is 2. The maximum Gasteiger partial charge on any atom is 0.323 e. The van der Waals surface area contributed by atoms with Gasteiger partial charge in [0.25, 0.3) is 0 Å². The van der Waals surface area contributed by atoms with E-state index in [1.807, 2.05) is 31.2 Å². The van der Waals surface area contributed by atoms with E-state index in [9.17, 15) is 9.59 Å². The van der Waals surface area contributed by atoms with E-state index in [1.165, 1.54) is 14.2 Å². The van der Waals surface area contributed by atoms with Crippen LogP contribution in [0.15, 0.2) is 24.3 Å². The summed E-state index contributed by atoms with van der Waals surface area (Å²) in [5, 5.41) is 0. The van der Waals surface area contributed by atoms with Gasteiger partial charge in [-0.3, -0.25) is 9.59 Å². The van der Waals surface area contributed by atoms with Gasteiger partial charge in [-0.1, -0.05) is 24.3 Å². The summed E-state index contributed by atoms with van der Waals surface area (Å²) in [7, 11) is 2.61. The molecule has 3 atom stereocenters. The Morgan fingerprint density at radius 3 is 2.48 bits per heavy atom. The van der Waals surface area contributed by atoms with Crippen LogP contribution in [0.3, 0.4) is 0 Å². The SMILES string of the molecule is COC(=O)C1(C(=O)OC)Cc2ccccc2[C@]23C[C@](C)(CC[C@@H]12)OO3. The molecule has 0 unspecified atom stereocenters. The second kappa shape index (κ2) is 5.29. The second-order valence-electron chi connectivity index (χ2n) is 7.56. The number of ether oxygens (including phenoxy) is 2. The maximum absolute atomic E-state index is 12.9. The first-order valence-corrected chi connectivity index (χ1v) is 8.54. The number of carbonyl (C=O) groups excluding carboxylic acids is 2. The molecular formula is C19H22O6. The van der Waals surface area contributed by atoms with Gasteiger partial charge in [0.1, 0.15) is 11.2 Å². The normalized spacial score (nSPS) is 34.6. The zero-order chi connectivity index (χ0) is 17.9. The Morgan fingerprint density at radius 1 is 1.12 bits per heavy atom. The minimum atomic E-state index is -1.42. The predicted octanol–water partition coefficient (Wildman–Crippen LogP) is 2.29. The van der Waals surface area contributed by atoms with E-state index in [0.29, 0.717) is 19.3 Å². The lowest BCUT2D eigenvalue weighted by atomic mass is 9.51. The Balaban J connectivity index is 1.98. The van der Waals surface area contributed by atoms with E-state index < -0.39 is 34.5 Å². The van der Waals surface area contributed by atoms with Gasteiger partial charge in [0.05, 0.1) is 14.2 Å². The average Bonchev–Trinajstić information content (AvgIpc) is 2.90. The Bertz CT molecular complexity index is 727. The van der Waals surface area contributed by atoms with Crippen molar-refractivity contribution in [2.45, 2.75) is 43.8 Å². The molecule has 1 aliphatic heterocycles. The third-order valence-electron chi connectivity index (χ3n) is 6.19. The quantitative estimate of drug-likeness (QED) is 0.465. The standard InChI is InChI=1S/C19H22O6/c1-17-9-8-14-18(15(20)22-2,16(21)23-3)10-12-6-4-5-7-13(12)19(14,11-17)25-24-17/h4-7,14H,8-11H2,1-3H3/t14-,17-,19+/m0/s1. The van der Waals surface area contributed by atoms with Crippen molar-refractivity contribution in [2.75, 3.05) is 14.2 Å². The lowest BCUT2D eigenvalue weighted by molar-refractivity contribution is -0.356. The third-order valence-corrected chi connectivity index (χ3v) is 6.19. The van der Waals surface area contributed by atoms with Crippen molar-refractivity contribution in [3.05, 3.63) is 35.4 Å². The van der Waals surface area contributed by atoms with E-state index in [0.717, 1.165) is 11.1 Å². The molecule has 1 aromatic carbocycles. The Labute approximate surface area is 146 Å². The maximum atomic E-state index is 12.9. The van der Waals surface area contributed by atoms with Crippen LogP contribution in [0.2, 0.25) is 0 Å². The van der Waals surface area contributed by atoms with Crippen LogP contribution in [0.4, 0.5) is 0 Å². The lowest BCUT2D eigenvalue weighted by Gasteiger charge is -2.51. The number of fused-ring (bicyclic) bond motifs is 2. The highest BCUT2D eigenvalue weighted by atomic mass is 17.2. The van der Waals surface area contributed by atoms with Crippen molar-refractivity contribution in [2.24, 2.45) is 11.3 Å². The van der Waals surface area contributed by atoms with Gasteiger partial charge in [-0.15, -0.1) is 0 Å². The van der Waals surface area contributed by atoms with Crippen molar-refractivity contribution in [1.82, 2.24) is 0 Å². The minimum absolute atomic E-state index is 0.245. The number of rotatable bonds is 2. The van der Waals surface area contributed by atoms with Crippen molar-refractivity contribution in [3.63, 3.8) is 0 Å². The average molecular weight is 346 g/mol. The van der Waals surface area contributed by atoms with Crippen LogP contribution < -0.4 is 0 Å². The highest BCUT2D eigenvalue weighted by Crippen LogP contribution is 2.64. The van der Waals surface area contributed by atoms with E-state index in [1.54, 1.807) is 0 Å². The minimum Gasteiger partial charge on any atom is -0.468 e. The zero-order valence-corrected chi connectivity index (χ0v) is 14.7. The van der Waals surface area contributed by atoms with Crippen molar-refractivity contribution in [1.29, 1.82) is 0 Å². The smallest absolute Gasteiger partial charge is 0.323 e. The highest BCUT2D eigenvalue weighted by molar-refractivity contribution is 6.01. The van der Waals surface area contributed by atoms with Crippen LogP contribution in [0, 0.1) is 11.3 Å². The van der Waals surface area contributed by atoms with E-state index in [2.05, 4.69) is 0 Å². The van der Waals surface area contributed by atoms with Crippen LogP contribution >= 0.6 is 0 Å². The number of hydrogen-bond acceptors (Lipinski definition) is 6. The fourth-order valence-electron chi connectivity index (χ4n) is 5.14. The van der Waals surface area contributed by atoms with Gasteiger partial charge in [-0.2, -0.15) is 0 Å². The molecule has 6 heteroatoms. The largest absolute Gasteiger partial charge is 0.468 e. The molecule has 2 bridgehead atoms. The van der Waals surface area contributed by atoms with Gasteiger partial charge in [0.2, 0.25) is 0 Å². The summed E-state index contributed by atoms with van der Waals surface area (Å²) in [4.78, 5) is 37.4. The van der Waals surface area contributed by atoms with E-state index in [-0.39, 0.29) is 6.42 Å². The van der Waals surface area contributed by atoms with Gasteiger partial charge in [0.15, 0.2) is 5.41 Å². The summed E-state index contributed by atoms with van der Waals surface area (Å²) in [6.07, 6.45) is 2.17. The molecule has 2 aliphatic carbocycles. The molecule has 0 N–H and O–H groups in total. The van der Waals surface area contributed by atoms with Gasteiger partial charge in [-0.25, -0.2) is 9.78 Å². The summed E-state index contributed by atoms with van der Waals surface area (Å²) in [6.45, 7) is 2.01. The molecular weight excluding hydrogens is 324 g/mol. The summed E-state index contributed by atoms with van der Waals surface area (Å²) in [5.74, 6) is -1.54. The molecule has 1 heterocycles. The lowest BCUT2D eigenvalue weighted by Crippen LogP contribution is -2.60. The summed E-state index contributed by atoms with van der Waals surface area (Å²) >= 11 is 0. The van der Waals surface area contributed by atoms with Gasteiger partial charge >= 0.3 is 11.9 Å². The number of hydrogen-bond donors (Lipinski definition) is 0. The van der Waals surface area contributed by atoms with Crippen LogP contribution in [-0.4, -0.2) is 31.8 Å². The first kappa shape index (κ1) is 16.5. The molecule has 1 saturated heterocycles. The Kier molecular flexibility index (Phi) is 3.50. The van der Waals surface area contributed by atoms with Gasteiger partial charge in [-0.05, 0) is 37.3 Å². The monoisotopic (exact) mass is 346 g/mol. The number of esters is 2. The molecule has 0 radical (unpaired) electrons. The fraction of sp³-hybridized carbons (Fsp3) is 0.579.